The number of nitrogens with one attached hydrogen (secondary N) is 1. The molecule has 1 saturated heterocycles. The molecule has 0 bridgehead atoms. The topological polar surface area (TPSA) is 58.6 Å². The van der Waals surface area contributed by atoms with Crippen LogP contribution >= 0.6 is 0 Å². The molecular formula is C22H26N2O3. The normalized spacial score (nSPS) is 19.3. The van der Waals surface area contributed by atoms with E-state index in [1.807, 2.05) is 55.5 Å². The average molecular weight is 366 g/mol. The van der Waals surface area contributed by atoms with Gasteiger partial charge in [0.1, 0.15) is 17.9 Å². The van der Waals surface area contributed by atoms with Crippen molar-refractivity contribution in [2.24, 2.45) is 0 Å². The van der Waals surface area contributed by atoms with Crippen LogP contribution in [0.4, 0.5) is 4.79 Å². The number of rotatable bonds is 7. The van der Waals surface area contributed by atoms with E-state index in [2.05, 4.69) is 12.2 Å². The van der Waals surface area contributed by atoms with E-state index in [1.54, 1.807) is 6.92 Å². The molecule has 1 aliphatic heterocycles. The zero-order valence-corrected chi connectivity index (χ0v) is 16.1. The summed E-state index contributed by atoms with van der Waals surface area (Å²) in [6.45, 7) is 6.36. The molecule has 142 valence electrons. The van der Waals surface area contributed by atoms with Crippen molar-refractivity contribution in [2.75, 3.05) is 13.2 Å². The van der Waals surface area contributed by atoms with Crippen LogP contribution < -0.4 is 10.1 Å². The first kappa shape index (κ1) is 19.0. The quantitative estimate of drug-likeness (QED) is 0.759. The lowest BCUT2D eigenvalue weighted by Gasteiger charge is -2.22. The molecule has 0 saturated carbocycles. The van der Waals surface area contributed by atoms with Crippen LogP contribution in [0.3, 0.4) is 0 Å². The third-order valence-electron chi connectivity index (χ3n) is 4.95. The van der Waals surface area contributed by atoms with Crippen LogP contribution in [0.25, 0.3) is 0 Å². The molecule has 1 atom stereocenters. The van der Waals surface area contributed by atoms with E-state index in [0.29, 0.717) is 0 Å². The number of amides is 3. The first-order valence-electron chi connectivity index (χ1n) is 9.37. The number of nitrogens with zero attached hydrogens (tertiary/aromatic N) is 1. The van der Waals surface area contributed by atoms with Crippen molar-refractivity contribution in [2.45, 2.75) is 39.2 Å². The number of carbonyl (C=O) groups excluding carboxylic acids is 2. The largest absolute Gasteiger partial charge is 0.492 e. The Morgan fingerprint density at radius 2 is 1.70 bits per heavy atom. The molecule has 0 unspecified atom stereocenters. The summed E-state index contributed by atoms with van der Waals surface area (Å²) < 4.78 is 5.66. The van der Waals surface area contributed by atoms with Crippen LogP contribution in [0.1, 0.15) is 37.0 Å². The molecule has 2 aromatic carbocycles. The van der Waals surface area contributed by atoms with E-state index < -0.39 is 5.54 Å². The van der Waals surface area contributed by atoms with Crippen molar-refractivity contribution in [3.05, 3.63) is 65.2 Å². The molecule has 1 N–H and O–H groups in total. The van der Waals surface area contributed by atoms with Gasteiger partial charge in [-0.05, 0) is 43.5 Å². The highest BCUT2D eigenvalue weighted by Crippen LogP contribution is 2.29. The maximum absolute atomic E-state index is 12.9. The van der Waals surface area contributed by atoms with Crippen molar-refractivity contribution in [1.82, 2.24) is 10.2 Å². The lowest BCUT2D eigenvalue weighted by molar-refractivity contribution is -0.131. The van der Waals surface area contributed by atoms with Gasteiger partial charge in [-0.2, -0.15) is 0 Å². The van der Waals surface area contributed by atoms with Gasteiger partial charge in [-0.15, -0.1) is 0 Å². The van der Waals surface area contributed by atoms with Gasteiger partial charge in [0.05, 0.1) is 6.54 Å². The smallest absolute Gasteiger partial charge is 0.325 e. The third kappa shape index (κ3) is 3.97. The molecular weight excluding hydrogens is 340 g/mol. The van der Waals surface area contributed by atoms with Crippen LogP contribution in [0.15, 0.2) is 48.5 Å². The second-order valence-corrected chi connectivity index (χ2v) is 7.12. The van der Waals surface area contributed by atoms with Crippen molar-refractivity contribution in [3.63, 3.8) is 0 Å². The second kappa shape index (κ2) is 7.82. The molecule has 3 rings (SSSR count). The molecule has 0 radical (unpaired) electrons. The van der Waals surface area contributed by atoms with E-state index in [9.17, 15) is 9.59 Å². The fourth-order valence-electron chi connectivity index (χ4n) is 3.28. The van der Waals surface area contributed by atoms with Gasteiger partial charge in [0, 0.05) is 0 Å². The zero-order valence-electron chi connectivity index (χ0n) is 16.1. The SMILES string of the molecule is CCCc1ccc([C@]2(C)NC(=O)N(CCOc3ccc(C)cc3)C2=O)cc1. The lowest BCUT2D eigenvalue weighted by atomic mass is 9.91. The Labute approximate surface area is 160 Å². The fourth-order valence-corrected chi connectivity index (χ4v) is 3.28. The van der Waals surface area contributed by atoms with E-state index in [0.717, 1.165) is 29.7 Å². The van der Waals surface area contributed by atoms with Crippen molar-refractivity contribution in [1.29, 1.82) is 0 Å². The Balaban J connectivity index is 1.65. The van der Waals surface area contributed by atoms with Gasteiger partial charge >= 0.3 is 6.03 Å². The molecule has 2 aromatic rings. The highest BCUT2D eigenvalue weighted by Gasteiger charge is 2.48. The third-order valence-corrected chi connectivity index (χ3v) is 4.95. The van der Waals surface area contributed by atoms with Crippen LogP contribution in [0.2, 0.25) is 0 Å². The number of ether oxygens (including phenoxy) is 1. The summed E-state index contributed by atoms with van der Waals surface area (Å²) >= 11 is 0. The van der Waals surface area contributed by atoms with Gasteiger partial charge in [-0.3, -0.25) is 9.69 Å². The maximum Gasteiger partial charge on any atom is 0.325 e. The molecule has 5 heteroatoms. The molecule has 1 aliphatic rings. The molecule has 5 nitrogen and oxygen atoms in total. The van der Waals surface area contributed by atoms with Crippen LogP contribution in [-0.2, 0) is 16.8 Å². The zero-order chi connectivity index (χ0) is 19.4. The van der Waals surface area contributed by atoms with Crippen molar-refractivity contribution < 1.29 is 14.3 Å². The van der Waals surface area contributed by atoms with Gasteiger partial charge in [-0.1, -0.05) is 55.3 Å². The predicted molar refractivity (Wildman–Crippen MR) is 105 cm³/mol. The molecule has 1 fully saturated rings. The monoisotopic (exact) mass is 366 g/mol. The molecule has 3 amide bonds. The minimum absolute atomic E-state index is 0.210. The Bertz CT molecular complexity index is 814. The first-order valence-corrected chi connectivity index (χ1v) is 9.37. The summed E-state index contributed by atoms with van der Waals surface area (Å²) in [7, 11) is 0. The predicted octanol–water partition coefficient (Wildman–Crippen LogP) is 3.79. The molecule has 27 heavy (non-hydrogen) atoms. The lowest BCUT2D eigenvalue weighted by Crippen LogP contribution is -2.41. The van der Waals surface area contributed by atoms with Gasteiger partial charge in [0.2, 0.25) is 0 Å². The highest BCUT2D eigenvalue weighted by atomic mass is 16.5. The first-order chi connectivity index (χ1) is 12.9. The summed E-state index contributed by atoms with van der Waals surface area (Å²) in [6.07, 6.45) is 2.07. The van der Waals surface area contributed by atoms with Crippen LogP contribution in [-0.4, -0.2) is 30.0 Å². The molecule has 0 aliphatic carbocycles. The molecule has 1 heterocycles. The van der Waals surface area contributed by atoms with Crippen LogP contribution in [0, 0.1) is 6.92 Å². The number of imide groups is 1. The van der Waals surface area contributed by atoms with E-state index in [4.69, 9.17) is 4.74 Å². The van der Waals surface area contributed by atoms with Crippen molar-refractivity contribution in [3.8, 4) is 5.75 Å². The summed E-state index contributed by atoms with van der Waals surface area (Å²) in [5.41, 5.74) is 2.14. The van der Waals surface area contributed by atoms with Gasteiger partial charge < -0.3 is 10.1 Å². The standard InChI is InChI=1S/C22H26N2O3/c1-4-5-17-8-10-18(11-9-17)22(3)20(25)24(21(26)23-22)14-15-27-19-12-6-16(2)7-13-19/h6-13H,4-5,14-15H2,1-3H3,(H,23,26)/t22-/m0/s1. The maximum atomic E-state index is 12.9. The molecule has 0 spiro atoms. The number of urea groups is 1. The Kier molecular flexibility index (Phi) is 5.49. The van der Waals surface area contributed by atoms with E-state index in [-0.39, 0.29) is 25.1 Å². The second-order valence-electron chi connectivity index (χ2n) is 7.12. The number of carbonyl (C=O) groups is 2. The summed E-state index contributed by atoms with van der Waals surface area (Å²) in [4.78, 5) is 26.5. The van der Waals surface area contributed by atoms with Crippen molar-refractivity contribution >= 4 is 11.9 Å². The minimum Gasteiger partial charge on any atom is -0.492 e. The number of hydrogen-bond acceptors (Lipinski definition) is 3. The van der Waals surface area contributed by atoms with Crippen LogP contribution in [0.5, 0.6) is 5.75 Å². The van der Waals surface area contributed by atoms with E-state index in [1.165, 1.54) is 10.5 Å². The summed E-state index contributed by atoms with van der Waals surface area (Å²) in [5.74, 6) is 0.477. The number of benzene rings is 2. The van der Waals surface area contributed by atoms with Gasteiger partial charge in [0.25, 0.3) is 5.91 Å². The van der Waals surface area contributed by atoms with Gasteiger partial charge in [-0.25, -0.2) is 4.79 Å². The van der Waals surface area contributed by atoms with Gasteiger partial charge in [0.15, 0.2) is 0 Å². The molecule has 0 aromatic heterocycles. The summed E-state index contributed by atoms with van der Waals surface area (Å²) in [6, 6.07) is 15.2. The minimum atomic E-state index is -1.04. The Morgan fingerprint density at radius 3 is 2.33 bits per heavy atom. The number of hydrogen-bond donors (Lipinski definition) is 1. The van der Waals surface area contributed by atoms with E-state index >= 15 is 0 Å². The average Bonchev–Trinajstić information content (AvgIpc) is 2.88. The Morgan fingerprint density at radius 1 is 1.04 bits per heavy atom. The highest BCUT2D eigenvalue weighted by molar-refractivity contribution is 6.07. The Hall–Kier alpha value is -2.82. The number of aryl methyl sites for hydroxylation is 2. The summed E-state index contributed by atoms with van der Waals surface area (Å²) in [5, 5.41) is 2.84. The fraction of sp³-hybridized carbons (Fsp3) is 0.364.